The average molecular weight is 489 g/mol. The van der Waals surface area contributed by atoms with Gasteiger partial charge in [-0.2, -0.15) is 0 Å². The minimum absolute atomic E-state index is 0.00105. The fourth-order valence-electron chi connectivity index (χ4n) is 5.55. The first-order valence-electron chi connectivity index (χ1n) is 11.7. The van der Waals surface area contributed by atoms with Crippen LogP contribution in [0.5, 0.6) is 17.2 Å². The van der Waals surface area contributed by atoms with Crippen LogP contribution in [0.4, 0.5) is 5.69 Å². The molecule has 1 amide bonds. The van der Waals surface area contributed by atoms with E-state index in [9.17, 15) is 9.90 Å². The number of nitrogens with zero attached hydrogens (tertiary/aromatic N) is 1. The van der Waals surface area contributed by atoms with E-state index in [2.05, 4.69) is 10.2 Å². The number of methoxy groups -OCH3 is 3. The molecular weight excluding hydrogens is 456 g/mol. The molecule has 1 aliphatic heterocycles. The summed E-state index contributed by atoms with van der Waals surface area (Å²) in [5.41, 5.74) is 0.899. The molecule has 4 rings (SSSR count). The van der Waals surface area contributed by atoms with Gasteiger partial charge in [0.05, 0.1) is 33.5 Å². The van der Waals surface area contributed by atoms with E-state index in [0.717, 1.165) is 31.2 Å². The SMILES string of the molecule is COc1cc([C@@H]2[C@@H]3CCCC[C@]3(O)CCN2CC(=O)Nc2ccc(Cl)cc2)cc(OC)c1OC. The maximum absolute atomic E-state index is 13.0. The molecule has 2 aromatic carbocycles. The van der Waals surface area contributed by atoms with E-state index >= 15 is 0 Å². The number of likely N-dealkylation sites (tertiary alicyclic amines) is 1. The number of carbonyl (C=O) groups excluding carboxylic acids is 1. The van der Waals surface area contributed by atoms with Gasteiger partial charge < -0.3 is 24.6 Å². The number of amides is 1. The second kappa shape index (κ2) is 10.4. The molecule has 0 unspecified atom stereocenters. The molecule has 34 heavy (non-hydrogen) atoms. The summed E-state index contributed by atoms with van der Waals surface area (Å²) in [5, 5.41) is 15.1. The number of anilines is 1. The lowest BCUT2D eigenvalue weighted by atomic mass is 9.66. The third kappa shape index (κ3) is 4.97. The van der Waals surface area contributed by atoms with Crippen LogP contribution in [0, 0.1) is 5.92 Å². The molecule has 2 aliphatic rings. The van der Waals surface area contributed by atoms with Gasteiger partial charge >= 0.3 is 0 Å². The van der Waals surface area contributed by atoms with Gasteiger partial charge in [0.25, 0.3) is 0 Å². The van der Waals surface area contributed by atoms with Gasteiger partial charge in [0, 0.05) is 29.2 Å². The van der Waals surface area contributed by atoms with Crippen molar-refractivity contribution in [3.05, 3.63) is 47.0 Å². The van der Waals surface area contributed by atoms with Crippen molar-refractivity contribution in [2.24, 2.45) is 5.92 Å². The van der Waals surface area contributed by atoms with Crippen LogP contribution >= 0.6 is 11.6 Å². The Labute approximate surface area is 205 Å². The quantitative estimate of drug-likeness (QED) is 0.589. The third-order valence-corrected chi connectivity index (χ3v) is 7.43. The standard InChI is InChI=1S/C26H33ClN2O5/c1-32-21-14-17(15-22(33-2)25(21)34-3)24-20-6-4-5-11-26(20,31)12-13-29(24)16-23(30)28-19-9-7-18(27)8-10-19/h7-10,14-15,20,24,31H,4-6,11-13,16H2,1-3H3,(H,28,30)/t20-,24+,26-/m0/s1. The summed E-state index contributed by atoms with van der Waals surface area (Å²) in [5.74, 6) is 1.54. The maximum Gasteiger partial charge on any atom is 0.238 e. The molecule has 7 nitrogen and oxygen atoms in total. The first-order valence-corrected chi connectivity index (χ1v) is 12.1. The Morgan fingerprint density at radius 2 is 1.76 bits per heavy atom. The number of hydrogen-bond acceptors (Lipinski definition) is 6. The number of ether oxygens (including phenoxy) is 3. The molecule has 0 bridgehead atoms. The Morgan fingerprint density at radius 1 is 1.09 bits per heavy atom. The summed E-state index contributed by atoms with van der Waals surface area (Å²) in [6.07, 6.45) is 4.40. The Hall–Kier alpha value is -2.48. The number of rotatable bonds is 7. The summed E-state index contributed by atoms with van der Waals surface area (Å²) in [4.78, 5) is 15.2. The normalized spacial score (nSPS) is 24.7. The van der Waals surface area contributed by atoms with Crippen LogP contribution in [0.25, 0.3) is 0 Å². The van der Waals surface area contributed by atoms with E-state index in [1.54, 1.807) is 45.6 Å². The van der Waals surface area contributed by atoms with Crippen LogP contribution in [0.1, 0.15) is 43.7 Å². The van der Waals surface area contributed by atoms with Crippen molar-refractivity contribution >= 4 is 23.2 Å². The number of nitrogens with one attached hydrogen (secondary N) is 1. The van der Waals surface area contributed by atoms with E-state index in [4.69, 9.17) is 25.8 Å². The van der Waals surface area contributed by atoms with Crippen LogP contribution in [0.3, 0.4) is 0 Å². The van der Waals surface area contributed by atoms with E-state index in [1.165, 1.54) is 0 Å². The highest BCUT2D eigenvalue weighted by Gasteiger charge is 2.49. The molecule has 2 aromatic rings. The molecule has 3 atom stereocenters. The highest BCUT2D eigenvalue weighted by atomic mass is 35.5. The summed E-state index contributed by atoms with van der Waals surface area (Å²) >= 11 is 5.97. The minimum atomic E-state index is -0.744. The number of carbonyl (C=O) groups is 1. The topological polar surface area (TPSA) is 80.3 Å². The van der Waals surface area contributed by atoms with Crippen molar-refractivity contribution < 1.29 is 24.1 Å². The van der Waals surface area contributed by atoms with Crippen LogP contribution in [0.2, 0.25) is 5.02 Å². The van der Waals surface area contributed by atoms with Gasteiger partial charge in [0.15, 0.2) is 11.5 Å². The molecule has 1 saturated heterocycles. The van der Waals surface area contributed by atoms with E-state index in [-0.39, 0.29) is 24.4 Å². The minimum Gasteiger partial charge on any atom is -0.493 e. The highest BCUT2D eigenvalue weighted by Crippen LogP contribution is 2.51. The summed E-state index contributed by atoms with van der Waals surface area (Å²) in [6.45, 7) is 0.818. The van der Waals surface area contributed by atoms with Crippen molar-refractivity contribution in [1.82, 2.24) is 4.90 Å². The van der Waals surface area contributed by atoms with Gasteiger partial charge in [-0.1, -0.05) is 24.4 Å². The highest BCUT2D eigenvalue weighted by molar-refractivity contribution is 6.30. The fourth-order valence-corrected chi connectivity index (χ4v) is 5.68. The van der Waals surface area contributed by atoms with Gasteiger partial charge in [0.1, 0.15) is 0 Å². The number of fused-ring (bicyclic) bond motifs is 1. The van der Waals surface area contributed by atoms with Crippen LogP contribution in [0.15, 0.2) is 36.4 Å². The zero-order valence-electron chi connectivity index (χ0n) is 20.0. The molecule has 1 aliphatic carbocycles. The largest absolute Gasteiger partial charge is 0.493 e. The Balaban J connectivity index is 1.67. The second-order valence-electron chi connectivity index (χ2n) is 9.13. The van der Waals surface area contributed by atoms with Gasteiger partial charge in [0.2, 0.25) is 11.7 Å². The van der Waals surface area contributed by atoms with E-state index < -0.39 is 5.60 Å². The van der Waals surface area contributed by atoms with Crippen molar-refractivity contribution in [3.8, 4) is 17.2 Å². The molecule has 2 fully saturated rings. The average Bonchev–Trinajstić information content (AvgIpc) is 2.84. The second-order valence-corrected chi connectivity index (χ2v) is 9.57. The van der Waals surface area contributed by atoms with E-state index in [0.29, 0.717) is 40.9 Å². The van der Waals surface area contributed by atoms with Crippen molar-refractivity contribution in [2.45, 2.75) is 43.7 Å². The van der Waals surface area contributed by atoms with Gasteiger partial charge in [-0.25, -0.2) is 0 Å². The summed E-state index contributed by atoms with van der Waals surface area (Å²) < 4.78 is 16.7. The molecule has 0 aromatic heterocycles. The number of benzene rings is 2. The maximum atomic E-state index is 13.0. The lowest BCUT2D eigenvalue weighted by Crippen LogP contribution is -2.56. The molecule has 0 radical (unpaired) electrons. The van der Waals surface area contributed by atoms with Crippen LogP contribution in [-0.4, -0.2) is 55.9 Å². The zero-order valence-corrected chi connectivity index (χ0v) is 20.7. The van der Waals surface area contributed by atoms with Gasteiger partial charge in [-0.3, -0.25) is 9.69 Å². The summed E-state index contributed by atoms with van der Waals surface area (Å²) in [7, 11) is 4.76. The Kier molecular flexibility index (Phi) is 7.55. The summed E-state index contributed by atoms with van der Waals surface area (Å²) in [6, 6.07) is 10.8. The molecule has 0 spiro atoms. The molecule has 1 saturated carbocycles. The molecule has 1 heterocycles. The molecule has 184 valence electrons. The first-order chi connectivity index (χ1) is 16.4. The lowest BCUT2D eigenvalue weighted by molar-refractivity contribution is -0.135. The smallest absolute Gasteiger partial charge is 0.238 e. The lowest BCUT2D eigenvalue weighted by Gasteiger charge is -2.52. The molecule has 8 heteroatoms. The number of halogens is 1. The van der Waals surface area contributed by atoms with Crippen molar-refractivity contribution in [3.63, 3.8) is 0 Å². The Morgan fingerprint density at radius 3 is 2.38 bits per heavy atom. The van der Waals surface area contributed by atoms with Gasteiger partial charge in [-0.15, -0.1) is 0 Å². The van der Waals surface area contributed by atoms with Crippen LogP contribution < -0.4 is 19.5 Å². The first kappa shape index (κ1) is 24.6. The van der Waals surface area contributed by atoms with E-state index in [1.807, 2.05) is 12.1 Å². The molecule has 2 N–H and O–H groups in total. The molecular formula is C26H33ClN2O5. The number of piperidine rings is 1. The number of aliphatic hydroxyl groups is 1. The number of hydrogen-bond donors (Lipinski definition) is 2. The predicted molar refractivity (Wildman–Crippen MR) is 132 cm³/mol. The predicted octanol–water partition coefficient (Wildman–Crippen LogP) is 4.67. The zero-order chi connectivity index (χ0) is 24.3. The Bertz CT molecular complexity index is 990. The van der Waals surface area contributed by atoms with Gasteiger partial charge in [-0.05, 0) is 61.2 Å². The van der Waals surface area contributed by atoms with Crippen molar-refractivity contribution in [1.29, 1.82) is 0 Å². The van der Waals surface area contributed by atoms with Crippen molar-refractivity contribution in [2.75, 3.05) is 39.7 Å². The third-order valence-electron chi connectivity index (χ3n) is 7.17. The monoisotopic (exact) mass is 488 g/mol. The van der Waals surface area contributed by atoms with Crippen LogP contribution in [-0.2, 0) is 4.79 Å². The fraction of sp³-hybridized carbons (Fsp3) is 0.500.